The first-order valence-corrected chi connectivity index (χ1v) is 11.0. The molecule has 1 aliphatic heterocycles. The molecule has 0 saturated carbocycles. The molecule has 2 aromatic carbocycles. The van der Waals surface area contributed by atoms with E-state index in [1.807, 2.05) is 25.1 Å². The average molecular weight is 475 g/mol. The second kappa shape index (κ2) is 9.84. The summed E-state index contributed by atoms with van der Waals surface area (Å²) in [5.41, 5.74) is -1.18. The van der Waals surface area contributed by atoms with Gasteiger partial charge in [-0.3, -0.25) is 9.69 Å². The molecular weight excluding hydrogens is 450 g/mol. The molecule has 10 heteroatoms. The van der Waals surface area contributed by atoms with Crippen LogP contribution >= 0.6 is 0 Å². The second-order valence-corrected chi connectivity index (χ2v) is 8.19. The molecule has 1 amide bonds. The van der Waals surface area contributed by atoms with Gasteiger partial charge in [0.25, 0.3) is 5.91 Å². The van der Waals surface area contributed by atoms with Crippen molar-refractivity contribution in [2.75, 3.05) is 37.6 Å². The number of aromatic nitrogens is 2. The van der Waals surface area contributed by atoms with Gasteiger partial charge in [0.15, 0.2) is 5.69 Å². The van der Waals surface area contributed by atoms with Crippen molar-refractivity contribution in [1.29, 1.82) is 0 Å². The van der Waals surface area contributed by atoms with E-state index in [2.05, 4.69) is 32.3 Å². The zero-order chi connectivity index (χ0) is 24.3. The minimum atomic E-state index is -4.90. The van der Waals surface area contributed by atoms with Crippen molar-refractivity contribution in [2.24, 2.45) is 0 Å². The fourth-order valence-corrected chi connectivity index (χ4v) is 4.12. The van der Waals surface area contributed by atoms with Gasteiger partial charge in [0.1, 0.15) is 11.5 Å². The molecular formula is C24H25F4N5O. The first kappa shape index (κ1) is 23.7. The van der Waals surface area contributed by atoms with Gasteiger partial charge in [-0.05, 0) is 31.2 Å². The fourth-order valence-electron chi connectivity index (χ4n) is 4.12. The van der Waals surface area contributed by atoms with Gasteiger partial charge >= 0.3 is 6.18 Å². The topological polar surface area (TPSA) is 53.4 Å². The predicted molar refractivity (Wildman–Crippen MR) is 121 cm³/mol. The minimum absolute atomic E-state index is 0.0715. The number of carbonyl (C=O) groups excluding carboxylic acids is 1. The van der Waals surface area contributed by atoms with E-state index < -0.39 is 29.2 Å². The Morgan fingerprint density at radius 2 is 1.68 bits per heavy atom. The third-order valence-corrected chi connectivity index (χ3v) is 5.98. The quantitative estimate of drug-likeness (QED) is 0.549. The van der Waals surface area contributed by atoms with Crippen LogP contribution in [0.5, 0.6) is 0 Å². The number of nitrogens with zero attached hydrogens (tertiary/aromatic N) is 4. The molecule has 2 heterocycles. The number of amides is 1. The van der Waals surface area contributed by atoms with Crippen molar-refractivity contribution in [3.05, 3.63) is 77.9 Å². The number of hydrogen-bond donors (Lipinski definition) is 1. The van der Waals surface area contributed by atoms with Crippen LogP contribution in [-0.4, -0.2) is 59.4 Å². The van der Waals surface area contributed by atoms with Crippen LogP contribution < -0.4 is 10.2 Å². The molecule has 1 aromatic heterocycles. The van der Waals surface area contributed by atoms with Crippen LogP contribution in [0.4, 0.5) is 23.2 Å². The Morgan fingerprint density at radius 3 is 2.32 bits per heavy atom. The lowest BCUT2D eigenvalue weighted by Crippen LogP contribution is -2.52. The van der Waals surface area contributed by atoms with Gasteiger partial charge in [0.2, 0.25) is 0 Å². The van der Waals surface area contributed by atoms with E-state index in [1.54, 1.807) is 0 Å². The van der Waals surface area contributed by atoms with Crippen molar-refractivity contribution >= 4 is 11.6 Å². The summed E-state index contributed by atoms with van der Waals surface area (Å²) in [5.74, 6) is -1.77. The third kappa shape index (κ3) is 5.06. The number of halogens is 4. The van der Waals surface area contributed by atoms with Gasteiger partial charge in [0.05, 0.1) is 11.8 Å². The summed E-state index contributed by atoms with van der Waals surface area (Å²) in [6.45, 7) is 5.26. The molecule has 1 atom stereocenters. The van der Waals surface area contributed by atoms with E-state index in [1.165, 1.54) is 18.2 Å². The Labute approximate surface area is 194 Å². The molecule has 0 bridgehead atoms. The van der Waals surface area contributed by atoms with E-state index >= 15 is 0 Å². The number of para-hydroxylation sites is 2. The summed E-state index contributed by atoms with van der Waals surface area (Å²) in [7, 11) is 0. The van der Waals surface area contributed by atoms with E-state index in [9.17, 15) is 22.4 Å². The van der Waals surface area contributed by atoms with Crippen molar-refractivity contribution in [1.82, 2.24) is 20.0 Å². The lowest BCUT2D eigenvalue weighted by molar-refractivity contribution is -0.143. The molecule has 1 aliphatic rings. The van der Waals surface area contributed by atoms with Crippen molar-refractivity contribution in [3.63, 3.8) is 0 Å². The lowest BCUT2D eigenvalue weighted by Gasteiger charge is -2.39. The maximum absolute atomic E-state index is 14.1. The maximum atomic E-state index is 14.1. The van der Waals surface area contributed by atoms with Crippen LogP contribution in [0, 0.1) is 5.82 Å². The van der Waals surface area contributed by atoms with E-state index in [0.717, 1.165) is 44.1 Å². The van der Waals surface area contributed by atoms with Crippen LogP contribution in [-0.2, 0) is 6.18 Å². The summed E-state index contributed by atoms with van der Waals surface area (Å²) in [4.78, 5) is 17.1. The molecule has 1 fully saturated rings. The number of carbonyl (C=O) groups is 1. The number of benzene rings is 2. The number of alkyl halides is 3. The Morgan fingerprint density at radius 1 is 1.03 bits per heavy atom. The number of rotatable bonds is 6. The molecule has 0 spiro atoms. The summed E-state index contributed by atoms with van der Waals surface area (Å²) in [5, 5.41) is 6.26. The first-order valence-electron chi connectivity index (χ1n) is 11.0. The molecule has 1 saturated heterocycles. The Hall–Kier alpha value is -3.40. The normalized spacial score (nSPS) is 15.9. The van der Waals surface area contributed by atoms with Gasteiger partial charge in [-0.25, -0.2) is 9.07 Å². The van der Waals surface area contributed by atoms with Crippen LogP contribution in [0.3, 0.4) is 0 Å². The van der Waals surface area contributed by atoms with Gasteiger partial charge in [0, 0.05) is 44.5 Å². The standard InChI is InChI=1S/C24H25F4N5O/c1-17(31-11-13-32(14-12-31)18-7-3-2-4-8-18)15-29-23(34)19-16-30-33(22(19)24(26,27)28)21-10-6-5-9-20(21)25/h2-10,16-17H,11-15H2,1H3,(H,29,34). The SMILES string of the molecule is CC(CNC(=O)c1cnn(-c2ccccc2F)c1C(F)(F)F)N1CCN(c2ccccc2)CC1. The highest BCUT2D eigenvalue weighted by Gasteiger charge is 2.41. The largest absolute Gasteiger partial charge is 0.434 e. The van der Waals surface area contributed by atoms with Crippen LogP contribution in [0.25, 0.3) is 5.69 Å². The van der Waals surface area contributed by atoms with Crippen molar-refractivity contribution < 1.29 is 22.4 Å². The zero-order valence-electron chi connectivity index (χ0n) is 18.6. The molecule has 3 aromatic rings. The van der Waals surface area contributed by atoms with Crippen LogP contribution in [0.1, 0.15) is 23.0 Å². The molecule has 4 rings (SSSR count). The Bertz CT molecular complexity index is 1120. The summed E-state index contributed by atoms with van der Waals surface area (Å²) < 4.78 is 56.0. The molecule has 6 nitrogen and oxygen atoms in total. The Balaban J connectivity index is 1.41. The number of hydrogen-bond acceptors (Lipinski definition) is 4. The smallest absolute Gasteiger partial charge is 0.369 e. The van der Waals surface area contributed by atoms with E-state index in [0.29, 0.717) is 4.68 Å². The molecule has 0 aliphatic carbocycles. The molecule has 0 radical (unpaired) electrons. The van der Waals surface area contributed by atoms with E-state index in [-0.39, 0.29) is 18.3 Å². The summed E-state index contributed by atoms with van der Waals surface area (Å²) >= 11 is 0. The highest BCUT2D eigenvalue weighted by atomic mass is 19.4. The molecule has 1 unspecified atom stereocenters. The van der Waals surface area contributed by atoms with Crippen molar-refractivity contribution in [3.8, 4) is 5.69 Å². The van der Waals surface area contributed by atoms with Gasteiger partial charge in [-0.15, -0.1) is 0 Å². The number of piperazine rings is 1. The molecule has 180 valence electrons. The minimum Gasteiger partial charge on any atom is -0.369 e. The summed E-state index contributed by atoms with van der Waals surface area (Å²) in [6, 6.07) is 15.0. The maximum Gasteiger partial charge on any atom is 0.434 e. The molecule has 34 heavy (non-hydrogen) atoms. The molecule has 1 N–H and O–H groups in total. The lowest BCUT2D eigenvalue weighted by atomic mass is 10.2. The third-order valence-electron chi connectivity index (χ3n) is 5.98. The van der Waals surface area contributed by atoms with Gasteiger partial charge in [-0.1, -0.05) is 30.3 Å². The number of nitrogens with one attached hydrogen (secondary N) is 1. The Kier molecular flexibility index (Phi) is 6.87. The fraction of sp³-hybridized carbons (Fsp3) is 0.333. The van der Waals surface area contributed by atoms with Crippen LogP contribution in [0.15, 0.2) is 60.8 Å². The zero-order valence-corrected chi connectivity index (χ0v) is 18.6. The summed E-state index contributed by atoms with van der Waals surface area (Å²) in [6.07, 6.45) is -4.07. The first-order chi connectivity index (χ1) is 16.3. The van der Waals surface area contributed by atoms with E-state index in [4.69, 9.17) is 0 Å². The number of anilines is 1. The highest BCUT2D eigenvalue weighted by molar-refractivity contribution is 5.95. The van der Waals surface area contributed by atoms with Gasteiger partial charge < -0.3 is 10.2 Å². The predicted octanol–water partition coefficient (Wildman–Crippen LogP) is 3.97. The second-order valence-electron chi connectivity index (χ2n) is 8.19. The average Bonchev–Trinajstić information content (AvgIpc) is 3.29. The van der Waals surface area contributed by atoms with Gasteiger partial charge in [-0.2, -0.15) is 18.3 Å². The van der Waals surface area contributed by atoms with Crippen molar-refractivity contribution in [2.45, 2.75) is 19.1 Å². The van der Waals surface area contributed by atoms with Crippen LogP contribution in [0.2, 0.25) is 0 Å². The highest BCUT2D eigenvalue weighted by Crippen LogP contribution is 2.34. The monoisotopic (exact) mass is 475 g/mol.